The highest BCUT2D eigenvalue weighted by Crippen LogP contribution is 2.29. The molecule has 3 rings (SSSR count). The number of carbonyl (C=O) groups is 1. The fourth-order valence-electron chi connectivity index (χ4n) is 2.77. The van der Waals surface area contributed by atoms with Crippen LogP contribution in [0.5, 0.6) is 0 Å². The van der Waals surface area contributed by atoms with Crippen LogP contribution in [-0.4, -0.2) is 35.6 Å². The first kappa shape index (κ1) is 16.0. The molecule has 0 radical (unpaired) electrons. The lowest BCUT2D eigenvalue weighted by atomic mass is 9.94. The topological polar surface area (TPSA) is 54.5 Å². The lowest BCUT2D eigenvalue weighted by molar-refractivity contribution is -0.0906. The van der Waals surface area contributed by atoms with Gasteiger partial charge in [0.25, 0.3) is 0 Å². The van der Waals surface area contributed by atoms with Gasteiger partial charge in [0.2, 0.25) is 0 Å². The first-order valence-electron chi connectivity index (χ1n) is 7.70. The van der Waals surface area contributed by atoms with Crippen molar-refractivity contribution >= 4 is 17.4 Å². The van der Waals surface area contributed by atoms with E-state index in [2.05, 4.69) is 10.3 Å². The molecule has 2 heterocycles. The molecule has 23 heavy (non-hydrogen) atoms. The van der Waals surface area contributed by atoms with Crippen molar-refractivity contribution in [2.24, 2.45) is 0 Å². The maximum atomic E-state index is 12.4. The van der Waals surface area contributed by atoms with E-state index in [1.54, 1.807) is 11.3 Å². The quantitative estimate of drug-likeness (QED) is 0.941. The van der Waals surface area contributed by atoms with Gasteiger partial charge in [-0.3, -0.25) is 0 Å². The minimum absolute atomic E-state index is 0.0542. The first-order chi connectivity index (χ1) is 11.1. The van der Waals surface area contributed by atoms with E-state index < -0.39 is 5.60 Å². The van der Waals surface area contributed by atoms with Crippen LogP contribution in [0.4, 0.5) is 4.79 Å². The Balaban J connectivity index is 1.62. The molecule has 2 amide bonds. The van der Waals surface area contributed by atoms with Crippen LogP contribution in [0.2, 0.25) is 0 Å². The van der Waals surface area contributed by atoms with E-state index in [1.807, 2.05) is 55.3 Å². The number of amides is 2. The molecule has 1 aromatic carbocycles. The highest BCUT2D eigenvalue weighted by molar-refractivity contribution is 7.11. The number of hydrogen-bond acceptors (Lipinski definition) is 4. The SMILES string of the molecule is Cc1ncc(CNC(=O)N2CCO[C@](C)(c3ccccc3)C2)s1. The van der Waals surface area contributed by atoms with Crippen molar-refractivity contribution in [3.63, 3.8) is 0 Å². The van der Waals surface area contributed by atoms with Crippen molar-refractivity contribution < 1.29 is 9.53 Å². The van der Waals surface area contributed by atoms with Gasteiger partial charge in [0, 0.05) is 17.6 Å². The molecule has 0 aliphatic carbocycles. The van der Waals surface area contributed by atoms with Gasteiger partial charge in [-0.25, -0.2) is 9.78 Å². The summed E-state index contributed by atoms with van der Waals surface area (Å²) in [6, 6.07) is 10.0. The number of rotatable bonds is 3. The van der Waals surface area contributed by atoms with Gasteiger partial charge in [-0.05, 0) is 19.4 Å². The monoisotopic (exact) mass is 331 g/mol. The molecule has 1 saturated heterocycles. The standard InChI is InChI=1S/C17H21N3O2S/c1-13-18-10-15(23-13)11-19-16(21)20-8-9-22-17(2,12-20)14-6-4-3-5-7-14/h3-7,10H,8-9,11-12H2,1-2H3,(H,19,21)/t17-/m0/s1. The van der Waals surface area contributed by atoms with Crippen molar-refractivity contribution in [2.75, 3.05) is 19.7 Å². The van der Waals surface area contributed by atoms with E-state index in [4.69, 9.17) is 4.74 Å². The van der Waals surface area contributed by atoms with E-state index in [1.165, 1.54) is 0 Å². The second kappa shape index (κ2) is 6.68. The van der Waals surface area contributed by atoms with Gasteiger partial charge in [0.05, 0.1) is 24.7 Å². The Morgan fingerprint density at radius 3 is 2.91 bits per heavy atom. The van der Waals surface area contributed by atoms with E-state index in [9.17, 15) is 4.79 Å². The maximum Gasteiger partial charge on any atom is 0.317 e. The molecule has 1 N–H and O–H groups in total. The minimum atomic E-state index is -0.460. The van der Waals surface area contributed by atoms with Crippen LogP contribution < -0.4 is 5.32 Å². The zero-order chi connectivity index (χ0) is 16.3. The number of nitrogens with one attached hydrogen (secondary N) is 1. The summed E-state index contributed by atoms with van der Waals surface area (Å²) in [7, 11) is 0. The van der Waals surface area contributed by atoms with Gasteiger partial charge in [-0.1, -0.05) is 30.3 Å². The highest BCUT2D eigenvalue weighted by atomic mass is 32.1. The molecule has 0 bridgehead atoms. The molecule has 0 unspecified atom stereocenters. The largest absolute Gasteiger partial charge is 0.367 e. The third-order valence-corrected chi connectivity index (χ3v) is 4.94. The number of urea groups is 1. The number of benzene rings is 1. The smallest absolute Gasteiger partial charge is 0.317 e. The molecule has 1 aromatic heterocycles. The Hall–Kier alpha value is -1.92. The average molecular weight is 331 g/mol. The molecule has 5 nitrogen and oxygen atoms in total. The lowest BCUT2D eigenvalue weighted by Gasteiger charge is -2.40. The number of morpholine rings is 1. The van der Waals surface area contributed by atoms with Crippen LogP contribution in [0.1, 0.15) is 22.4 Å². The fourth-order valence-corrected chi connectivity index (χ4v) is 3.50. The number of hydrogen-bond donors (Lipinski definition) is 1. The summed E-state index contributed by atoms with van der Waals surface area (Å²) in [4.78, 5) is 19.5. The Bertz CT molecular complexity index is 673. The van der Waals surface area contributed by atoms with E-state index in [0.29, 0.717) is 26.2 Å². The molecule has 2 aromatic rings. The van der Waals surface area contributed by atoms with Crippen molar-refractivity contribution in [3.8, 4) is 0 Å². The minimum Gasteiger partial charge on any atom is -0.367 e. The Morgan fingerprint density at radius 2 is 2.22 bits per heavy atom. The number of nitrogens with zero attached hydrogens (tertiary/aromatic N) is 2. The van der Waals surface area contributed by atoms with Crippen LogP contribution in [0.3, 0.4) is 0 Å². The molecule has 1 aliphatic heterocycles. The van der Waals surface area contributed by atoms with Crippen molar-refractivity contribution in [1.82, 2.24) is 15.2 Å². The van der Waals surface area contributed by atoms with Gasteiger partial charge in [0.1, 0.15) is 5.60 Å². The van der Waals surface area contributed by atoms with Crippen LogP contribution in [0.15, 0.2) is 36.5 Å². The van der Waals surface area contributed by atoms with E-state index >= 15 is 0 Å². The number of aromatic nitrogens is 1. The molecule has 1 fully saturated rings. The third-order valence-electron chi connectivity index (χ3n) is 4.03. The van der Waals surface area contributed by atoms with Gasteiger partial charge >= 0.3 is 6.03 Å². The summed E-state index contributed by atoms with van der Waals surface area (Å²) in [6.45, 7) is 6.21. The molecule has 6 heteroatoms. The predicted octanol–water partition coefficient (Wildman–Crippen LogP) is 2.91. The van der Waals surface area contributed by atoms with Crippen LogP contribution in [0.25, 0.3) is 0 Å². The summed E-state index contributed by atoms with van der Waals surface area (Å²) in [5, 5.41) is 3.98. The maximum absolute atomic E-state index is 12.4. The third kappa shape index (κ3) is 3.71. The Labute approximate surface area is 140 Å². The normalized spacial score (nSPS) is 21.2. The van der Waals surface area contributed by atoms with Crippen molar-refractivity contribution in [3.05, 3.63) is 52.0 Å². The van der Waals surface area contributed by atoms with Crippen molar-refractivity contribution in [2.45, 2.75) is 26.0 Å². The first-order valence-corrected chi connectivity index (χ1v) is 8.52. The number of carbonyl (C=O) groups excluding carboxylic acids is 1. The van der Waals surface area contributed by atoms with Crippen LogP contribution >= 0.6 is 11.3 Å². The van der Waals surface area contributed by atoms with E-state index in [-0.39, 0.29) is 6.03 Å². The van der Waals surface area contributed by atoms with Crippen LogP contribution in [0, 0.1) is 6.92 Å². The van der Waals surface area contributed by atoms with Gasteiger partial charge in [-0.15, -0.1) is 11.3 Å². The number of aryl methyl sites for hydroxylation is 1. The molecular formula is C17H21N3O2S. The predicted molar refractivity (Wildman–Crippen MR) is 90.4 cm³/mol. The second-order valence-electron chi connectivity index (χ2n) is 5.87. The van der Waals surface area contributed by atoms with Gasteiger partial charge < -0.3 is 15.0 Å². The van der Waals surface area contributed by atoms with E-state index in [0.717, 1.165) is 15.4 Å². The molecular weight excluding hydrogens is 310 g/mol. The summed E-state index contributed by atoms with van der Waals surface area (Å²) in [5.74, 6) is 0. The molecule has 122 valence electrons. The molecule has 0 spiro atoms. The summed E-state index contributed by atoms with van der Waals surface area (Å²) < 4.78 is 5.97. The Morgan fingerprint density at radius 1 is 1.43 bits per heavy atom. The zero-order valence-corrected chi connectivity index (χ0v) is 14.2. The molecule has 0 saturated carbocycles. The zero-order valence-electron chi connectivity index (χ0n) is 13.4. The second-order valence-corrected chi connectivity index (χ2v) is 7.19. The number of thiazole rings is 1. The summed E-state index contributed by atoms with van der Waals surface area (Å²) in [6.07, 6.45) is 1.81. The van der Waals surface area contributed by atoms with Crippen molar-refractivity contribution in [1.29, 1.82) is 0 Å². The average Bonchev–Trinajstić information content (AvgIpc) is 2.99. The lowest BCUT2D eigenvalue weighted by Crippen LogP contribution is -2.53. The fraction of sp³-hybridized carbons (Fsp3) is 0.412. The molecule has 1 aliphatic rings. The number of ether oxygens (including phenoxy) is 1. The summed E-state index contributed by atoms with van der Waals surface area (Å²) in [5.41, 5.74) is 0.633. The van der Waals surface area contributed by atoms with Gasteiger partial charge in [0.15, 0.2) is 0 Å². The summed E-state index contributed by atoms with van der Waals surface area (Å²) >= 11 is 1.60. The molecule has 1 atom stereocenters. The van der Waals surface area contributed by atoms with Crippen LogP contribution in [-0.2, 0) is 16.9 Å². The Kier molecular flexibility index (Phi) is 4.63. The highest BCUT2D eigenvalue weighted by Gasteiger charge is 2.35. The van der Waals surface area contributed by atoms with Gasteiger partial charge in [-0.2, -0.15) is 0 Å².